The van der Waals surface area contributed by atoms with E-state index in [0.717, 1.165) is 0 Å². The Morgan fingerprint density at radius 1 is 1.42 bits per heavy atom. The lowest BCUT2D eigenvalue weighted by Gasteiger charge is -2.22. The minimum Gasteiger partial charge on any atom is -0.386 e. The summed E-state index contributed by atoms with van der Waals surface area (Å²) in [5.74, 6) is -0.00430. The standard InChI is InChI=1S/C7H16N4O/c1-4-10(2)7(12)11(3)5-6(8)9/h4-5H2,1-3H3,(H3,8,9). The summed E-state index contributed by atoms with van der Waals surface area (Å²) in [7, 11) is 3.33. The van der Waals surface area contributed by atoms with Crippen molar-refractivity contribution in [3.05, 3.63) is 0 Å². The number of carbonyl (C=O) groups excluding carboxylic acids is 1. The molecular weight excluding hydrogens is 156 g/mol. The van der Waals surface area contributed by atoms with Crippen LogP contribution in [0.5, 0.6) is 0 Å². The highest BCUT2D eigenvalue weighted by molar-refractivity contribution is 5.84. The lowest BCUT2D eigenvalue weighted by molar-refractivity contribution is 0.181. The van der Waals surface area contributed by atoms with E-state index in [2.05, 4.69) is 0 Å². The Hall–Kier alpha value is -1.26. The summed E-state index contributed by atoms with van der Waals surface area (Å²) >= 11 is 0. The average molecular weight is 172 g/mol. The van der Waals surface area contributed by atoms with Gasteiger partial charge in [0.1, 0.15) is 5.84 Å². The van der Waals surface area contributed by atoms with Crippen molar-refractivity contribution in [2.75, 3.05) is 27.2 Å². The number of hydrogen-bond donors (Lipinski definition) is 2. The molecule has 0 aliphatic rings. The van der Waals surface area contributed by atoms with Crippen molar-refractivity contribution >= 4 is 11.9 Å². The molecule has 0 aliphatic carbocycles. The third kappa shape index (κ3) is 3.23. The first-order valence-electron chi connectivity index (χ1n) is 3.78. The number of hydrogen-bond acceptors (Lipinski definition) is 2. The zero-order chi connectivity index (χ0) is 9.72. The lowest BCUT2D eigenvalue weighted by atomic mass is 10.5. The fourth-order valence-electron chi connectivity index (χ4n) is 0.750. The second-order valence-electron chi connectivity index (χ2n) is 2.68. The SMILES string of the molecule is CCN(C)C(=O)N(C)CC(=N)N. The van der Waals surface area contributed by atoms with Crippen LogP contribution in [0.4, 0.5) is 4.79 Å². The van der Waals surface area contributed by atoms with E-state index in [4.69, 9.17) is 11.1 Å². The summed E-state index contributed by atoms with van der Waals surface area (Å²) in [6.07, 6.45) is 0. The van der Waals surface area contributed by atoms with Gasteiger partial charge >= 0.3 is 6.03 Å². The molecule has 0 heterocycles. The molecule has 0 aliphatic heterocycles. The van der Waals surface area contributed by atoms with Gasteiger partial charge < -0.3 is 15.5 Å². The van der Waals surface area contributed by atoms with Gasteiger partial charge in [-0.1, -0.05) is 0 Å². The fraction of sp³-hybridized carbons (Fsp3) is 0.714. The first kappa shape index (κ1) is 10.7. The molecule has 5 nitrogen and oxygen atoms in total. The van der Waals surface area contributed by atoms with E-state index in [1.165, 1.54) is 4.90 Å². The van der Waals surface area contributed by atoms with Crippen LogP contribution in [0.25, 0.3) is 0 Å². The summed E-state index contributed by atoms with van der Waals surface area (Å²) in [6.45, 7) is 2.73. The van der Waals surface area contributed by atoms with Crippen LogP contribution in [0.15, 0.2) is 0 Å². The predicted octanol–water partition coefficient (Wildman–Crippen LogP) is -0.0741. The largest absolute Gasteiger partial charge is 0.386 e. The van der Waals surface area contributed by atoms with E-state index < -0.39 is 0 Å². The maximum atomic E-state index is 11.3. The van der Waals surface area contributed by atoms with Gasteiger partial charge in [0.25, 0.3) is 0 Å². The maximum absolute atomic E-state index is 11.3. The molecule has 0 aromatic rings. The Morgan fingerprint density at radius 2 is 1.92 bits per heavy atom. The van der Waals surface area contributed by atoms with E-state index in [0.29, 0.717) is 6.54 Å². The van der Waals surface area contributed by atoms with Gasteiger partial charge in [0.2, 0.25) is 0 Å². The highest BCUT2D eigenvalue weighted by atomic mass is 16.2. The molecule has 0 atom stereocenters. The van der Waals surface area contributed by atoms with E-state index in [-0.39, 0.29) is 18.4 Å². The zero-order valence-electron chi connectivity index (χ0n) is 7.79. The van der Waals surface area contributed by atoms with Crippen molar-refractivity contribution < 1.29 is 4.79 Å². The lowest BCUT2D eigenvalue weighted by Crippen LogP contribution is -2.42. The topological polar surface area (TPSA) is 73.4 Å². The van der Waals surface area contributed by atoms with Crippen molar-refractivity contribution in [3.8, 4) is 0 Å². The number of likely N-dealkylation sites (N-methyl/N-ethyl adjacent to an activating group) is 1. The minimum atomic E-state index is -0.118. The van der Waals surface area contributed by atoms with Gasteiger partial charge in [0, 0.05) is 20.6 Å². The van der Waals surface area contributed by atoms with E-state index in [1.807, 2.05) is 6.92 Å². The normalized spacial score (nSPS) is 9.25. The number of amidine groups is 1. The Kier molecular flexibility index (Phi) is 4.10. The number of amides is 2. The van der Waals surface area contributed by atoms with Gasteiger partial charge in [-0.2, -0.15) is 0 Å². The Balaban J connectivity index is 4.01. The molecule has 3 N–H and O–H groups in total. The summed E-state index contributed by atoms with van der Waals surface area (Å²) < 4.78 is 0. The van der Waals surface area contributed by atoms with Crippen LogP contribution in [0.1, 0.15) is 6.92 Å². The van der Waals surface area contributed by atoms with Crippen LogP contribution in [-0.2, 0) is 0 Å². The molecule has 0 saturated heterocycles. The summed E-state index contributed by atoms with van der Waals surface area (Å²) in [4.78, 5) is 14.3. The number of rotatable bonds is 3. The van der Waals surface area contributed by atoms with E-state index >= 15 is 0 Å². The van der Waals surface area contributed by atoms with Gasteiger partial charge in [0.05, 0.1) is 6.54 Å². The van der Waals surface area contributed by atoms with Crippen LogP contribution >= 0.6 is 0 Å². The molecule has 0 aromatic carbocycles. The highest BCUT2D eigenvalue weighted by Crippen LogP contribution is 1.91. The molecule has 0 rings (SSSR count). The molecule has 0 bridgehead atoms. The third-order valence-corrected chi connectivity index (χ3v) is 1.53. The minimum absolute atomic E-state index is 0.00430. The van der Waals surface area contributed by atoms with Crippen molar-refractivity contribution in [1.82, 2.24) is 9.80 Å². The number of urea groups is 1. The maximum Gasteiger partial charge on any atom is 0.319 e. The Bertz CT molecular complexity index is 180. The second-order valence-corrected chi connectivity index (χ2v) is 2.68. The first-order chi connectivity index (χ1) is 5.49. The molecule has 2 amide bonds. The molecule has 0 aromatic heterocycles. The number of carbonyl (C=O) groups is 1. The third-order valence-electron chi connectivity index (χ3n) is 1.53. The smallest absolute Gasteiger partial charge is 0.319 e. The summed E-state index contributed by atoms with van der Waals surface area (Å²) in [6, 6.07) is -0.118. The molecular formula is C7H16N4O. The van der Waals surface area contributed by atoms with Crippen molar-refractivity contribution in [2.24, 2.45) is 5.73 Å². The van der Waals surface area contributed by atoms with Crippen LogP contribution in [-0.4, -0.2) is 48.9 Å². The number of nitrogens with two attached hydrogens (primary N) is 1. The van der Waals surface area contributed by atoms with E-state index in [1.54, 1.807) is 19.0 Å². The average Bonchev–Trinajstić information content (AvgIpc) is 2.00. The Morgan fingerprint density at radius 3 is 2.25 bits per heavy atom. The van der Waals surface area contributed by atoms with Crippen LogP contribution in [0, 0.1) is 5.41 Å². The predicted molar refractivity (Wildman–Crippen MR) is 48.2 cm³/mol. The summed E-state index contributed by atoms with van der Waals surface area (Å²) in [5, 5.41) is 6.98. The molecule has 12 heavy (non-hydrogen) atoms. The van der Waals surface area contributed by atoms with E-state index in [9.17, 15) is 4.79 Å². The molecule has 0 fully saturated rings. The monoisotopic (exact) mass is 172 g/mol. The van der Waals surface area contributed by atoms with Gasteiger partial charge in [0.15, 0.2) is 0 Å². The Labute approximate surface area is 72.6 Å². The molecule has 0 radical (unpaired) electrons. The van der Waals surface area contributed by atoms with Gasteiger partial charge in [-0.25, -0.2) is 4.79 Å². The van der Waals surface area contributed by atoms with Gasteiger partial charge in [-0.05, 0) is 6.92 Å². The number of nitrogens with zero attached hydrogens (tertiary/aromatic N) is 2. The number of nitrogens with one attached hydrogen (secondary N) is 1. The zero-order valence-corrected chi connectivity index (χ0v) is 7.79. The first-order valence-corrected chi connectivity index (χ1v) is 3.78. The molecule has 5 heteroatoms. The van der Waals surface area contributed by atoms with Gasteiger partial charge in [-0.15, -0.1) is 0 Å². The second kappa shape index (κ2) is 4.58. The van der Waals surface area contributed by atoms with Crippen LogP contribution < -0.4 is 5.73 Å². The molecule has 0 saturated carbocycles. The van der Waals surface area contributed by atoms with Crippen molar-refractivity contribution in [1.29, 1.82) is 5.41 Å². The van der Waals surface area contributed by atoms with Crippen molar-refractivity contribution in [3.63, 3.8) is 0 Å². The molecule has 70 valence electrons. The van der Waals surface area contributed by atoms with Crippen LogP contribution in [0.3, 0.4) is 0 Å². The van der Waals surface area contributed by atoms with Crippen LogP contribution in [0.2, 0.25) is 0 Å². The quantitative estimate of drug-likeness (QED) is 0.462. The molecule has 0 unspecified atom stereocenters. The fourth-order valence-corrected chi connectivity index (χ4v) is 0.750. The molecule has 0 spiro atoms. The summed E-state index contributed by atoms with van der Waals surface area (Å²) in [5.41, 5.74) is 5.14. The van der Waals surface area contributed by atoms with Gasteiger partial charge in [-0.3, -0.25) is 5.41 Å². The van der Waals surface area contributed by atoms with Crippen molar-refractivity contribution in [2.45, 2.75) is 6.92 Å². The highest BCUT2D eigenvalue weighted by Gasteiger charge is 2.12.